The van der Waals surface area contributed by atoms with Crippen LogP contribution in [-0.4, -0.2) is 24.9 Å². The average Bonchev–Trinajstić information content (AvgIpc) is 2.90. The van der Waals surface area contributed by atoms with Crippen LogP contribution < -0.4 is 9.47 Å². The van der Waals surface area contributed by atoms with Crippen LogP contribution in [-0.2, 0) is 0 Å². The first-order chi connectivity index (χ1) is 8.29. The van der Waals surface area contributed by atoms with Gasteiger partial charge in [0.1, 0.15) is 18.1 Å². The standard InChI is InChI=1S/C14H20O3/c1-16-12-6-8-13(9-7-12)17-10-14(15)11-4-2-3-5-11/h6-9,11,14-15H,2-5,10H2,1H3. The van der Waals surface area contributed by atoms with Crippen molar-refractivity contribution < 1.29 is 14.6 Å². The quantitative estimate of drug-likeness (QED) is 0.854. The molecule has 0 bridgehead atoms. The maximum Gasteiger partial charge on any atom is 0.119 e. The first kappa shape index (κ1) is 12.2. The number of methoxy groups -OCH3 is 1. The van der Waals surface area contributed by atoms with Crippen molar-refractivity contribution in [2.45, 2.75) is 31.8 Å². The van der Waals surface area contributed by atoms with E-state index >= 15 is 0 Å². The minimum absolute atomic E-state index is 0.334. The molecule has 0 heterocycles. The van der Waals surface area contributed by atoms with Crippen LogP contribution in [0.1, 0.15) is 25.7 Å². The number of hydrogen-bond donors (Lipinski definition) is 1. The van der Waals surface area contributed by atoms with Gasteiger partial charge in [-0.25, -0.2) is 0 Å². The lowest BCUT2D eigenvalue weighted by atomic mass is 10.0. The van der Waals surface area contributed by atoms with Gasteiger partial charge in [0.25, 0.3) is 0 Å². The predicted molar refractivity (Wildman–Crippen MR) is 66.5 cm³/mol. The number of ether oxygens (including phenoxy) is 2. The minimum Gasteiger partial charge on any atom is -0.497 e. The Morgan fingerprint density at radius 1 is 1.18 bits per heavy atom. The van der Waals surface area contributed by atoms with E-state index in [0.29, 0.717) is 12.5 Å². The SMILES string of the molecule is COc1ccc(OCC(O)C2CCCC2)cc1. The monoisotopic (exact) mass is 236 g/mol. The highest BCUT2D eigenvalue weighted by atomic mass is 16.5. The van der Waals surface area contributed by atoms with Crippen LogP contribution in [0.3, 0.4) is 0 Å². The molecule has 1 atom stereocenters. The van der Waals surface area contributed by atoms with Gasteiger partial charge < -0.3 is 14.6 Å². The van der Waals surface area contributed by atoms with Crippen molar-refractivity contribution >= 4 is 0 Å². The van der Waals surface area contributed by atoms with Crippen molar-refractivity contribution in [1.29, 1.82) is 0 Å². The Kier molecular flexibility index (Phi) is 4.26. The van der Waals surface area contributed by atoms with E-state index in [4.69, 9.17) is 9.47 Å². The molecule has 3 heteroatoms. The molecule has 0 amide bonds. The molecule has 2 rings (SSSR count). The second kappa shape index (κ2) is 5.92. The highest BCUT2D eigenvalue weighted by Gasteiger charge is 2.23. The van der Waals surface area contributed by atoms with Crippen LogP contribution in [0.5, 0.6) is 11.5 Å². The van der Waals surface area contributed by atoms with E-state index in [2.05, 4.69) is 0 Å². The number of benzene rings is 1. The zero-order valence-electron chi connectivity index (χ0n) is 10.3. The van der Waals surface area contributed by atoms with Gasteiger partial charge in [-0.1, -0.05) is 12.8 Å². The third-order valence-electron chi connectivity index (χ3n) is 3.42. The summed E-state index contributed by atoms with van der Waals surface area (Å²) in [6.45, 7) is 0.386. The molecule has 1 N–H and O–H groups in total. The van der Waals surface area contributed by atoms with Crippen molar-refractivity contribution in [3.63, 3.8) is 0 Å². The highest BCUT2D eigenvalue weighted by molar-refractivity contribution is 5.31. The van der Waals surface area contributed by atoms with Gasteiger partial charge >= 0.3 is 0 Å². The van der Waals surface area contributed by atoms with Crippen molar-refractivity contribution in [1.82, 2.24) is 0 Å². The Morgan fingerprint density at radius 3 is 2.35 bits per heavy atom. The molecule has 0 radical (unpaired) electrons. The van der Waals surface area contributed by atoms with Gasteiger partial charge in [0.2, 0.25) is 0 Å². The fourth-order valence-electron chi connectivity index (χ4n) is 2.33. The van der Waals surface area contributed by atoms with Crippen molar-refractivity contribution in [3.05, 3.63) is 24.3 Å². The Balaban J connectivity index is 1.80. The van der Waals surface area contributed by atoms with Crippen molar-refractivity contribution in [3.8, 4) is 11.5 Å². The molecular weight excluding hydrogens is 216 g/mol. The van der Waals surface area contributed by atoms with E-state index in [9.17, 15) is 5.11 Å². The molecule has 17 heavy (non-hydrogen) atoms. The molecule has 1 aliphatic carbocycles. The Bertz CT molecular complexity index is 328. The smallest absolute Gasteiger partial charge is 0.119 e. The molecule has 1 unspecified atom stereocenters. The summed E-state index contributed by atoms with van der Waals surface area (Å²) in [6.07, 6.45) is 4.41. The number of aliphatic hydroxyl groups is 1. The molecule has 0 spiro atoms. The van der Waals surface area contributed by atoms with Gasteiger partial charge in [0.15, 0.2) is 0 Å². The molecule has 0 saturated heterocycles. The normalized spacial score (nSPS) is 18.0. The number of hydrogen-bond acceptors (Lipinski definition) is 3. The molecule has 1 aromatic carbocycles. The summed E-state index contributed by atoms with van der Waals surface area (Å²) in [5.41, 5.74) is 0. The fourth-order valence-corrected chi connectivity index (χ4v) is 2.33. The molecule has 94 valence electrons. The summed E-state index contributed by atoms with van der Waals surface area (Å²) >= 11 is 0. The van der Waals surface area contributed by atoms with Gasteiger partial charge in [-0.2, -0.15) is 0 Å². The van der Waals surface area contributed by atoms with E-state index in [1.54, 1.807) is 7.11 Å². The first-order valence-electron chi connectivity index (χ1n) is 6.24. The zero-order chi connectivity index (χ0) is 12.1. The second-order valence-electron chi connectivity index (χ2n) is 4.60. The van der Waals surface area contributed by atoms with Crippen LogP contribution in [0.15, 0.2) is 24.3 Å². The molecule has 0 aliphatic heterocycles. The lowest BCUT2D eigenvalue weighted by molar-refractivity contribution is 0.0593. The Labute approximate surface area is 102 Å². The van der Waals surface area contributed by atoms with Crippen LogP contribution in [0.25, 0.3) is 0 Å². The van der Waals surface area contributed by atoms with Crippen molar-refractivity contribution in [2.24, 2.45) is 5.92 Å². The molecule has 1 fully saturated rings. The summed E-state index contributed by atoms with van der Waals surface area (Å²) in [6, 6.07) is 7.44. The minimum atomic E-state index is -0.334. The Hall–Kier alpha value is -1.22. The van der Waals surface area contributed by atoms with Gasteiger partial charge in [-0.05, 0) is 43.0 Å². The molecule has 1 aliphatic rings. The van der Waals surface area contributed by atoms with Crippen LogP contribution in [0.2, 0.25) is 0 Å². The van der Waals surface area contributed by atoms with E-state index in [1.165, 1.54) is 12.8 Å². The lowest BCUT2D eigenvalue weighted by Crippen LogP contribution is -2.25. The summed E-state index contributed by atoms with van der Waals surface area (Å²) < 4.78 is 10.6. The van der Waals surface area contributed by atoms with Gasteiger partial charge in [0.05, 0.1) is 13.2 Å². The predicted octanol–water partition coefficient (Wildman–Crippen LogP) is 2.63. The van der Waals surface area contributed by atoms with Gasteiger partial charge in [-0.3, -0.25) is 0 Å². The van der Waals surface area contributed by atoms with Gasteiger partial charge in [0, 0.05) is 0 Å². The van der Waals surface area contributed by atoms with Crippen LogP contribution >= 0.6 is 0 Å². The highest BCUT2D eigenvalue weighted by Crippen LogP contribution is 2.28. The third kappa shape index (κ3) is 3.37. The molecule has 3 nitrogen and oxygen atoms in total. The fraction of sp³-hybridized carbons (Fsp3) is 0.571. The van der Waals surface area contributed by atoms with Gasteiger partial charge in [-0.15, -0.1) is 0 Å². The molecule has 1 saturated carbocycles. The number of aliphatic hydroxyl groups excluding tert-OH is 1. The zero-order valence-corrected chi connectivity index (χ0v) is 10.3. The third-order valence-corrected chi connectivity index (χ3v) is 3.42. The van der Waals surface area contributed by atoms with E-state index in [-0.39, 0.29) is 6.10 Å². The summed E-state index contributed by atoms with van der Waals surface area (Å²) in [5.74, 6) is 2.02. The maximum atomic E-state index is 9.96. The van der Waals surface area contributed by atoms with Crippen molar-refractivity contribution in [2.75, 3.05) is 13.7 Å². The van der Waals surface area contributed by atoms with Crippen LogP contribution in [0, 0.1) is 5.92 Å². The topological polar surface area (TPSA) is 38.7 Å². The Morgan fingerprint density at radius 2 is 1.76 bits per heavy atom. The van der Waals surface area contributed by atoms with E-state index in [0.717, 1.165) is 24.3 Å². The van der Waals surface area contributed by atoms with Crippen LogP contribution in [0.4, 0.5) is 0 Å². The summed E-state index contributed by atoms with van der Waals surface area (Å²) in [4.78, 5) is 0. The second-order valence-corrected chi connectivity index (χ2v) is 4.60. The largest absolute Gasteiger partial charge is 0.497 e. The molecule has 0 aromatic heterocycles. The molecular formula is C14H20O3. The average molecular weight is 236 g/mol. The molecule has 1 aromatic rings. The first-order valence-corrected chi connectivity index (χ1v) is 6.24. The number of rotatable bonds is 5. The summed E-state index contributed by atoms with van der Waals surface area (Å²) in [7, 11) is 1.64. The summed E-state index contributed by atoms with van der Waals surface area (Å²) in [5, 5.41) is 9.96. The van der Waals surface area contributed by atoms with E-state index in [1.807, 2.05) is 24.3 Å². The maximum absolute atomic E-state index is 9.96. The lowest BCUT2D eigenvalue weighted by Gasteiger charge is -2.18. The van der Waals surface area contributed by atoms with E-state index < -0.39 is 0 Å².